The van der Waals surface area contributed by atoms with Crippen LogP contribution in [-0.2, 0) is 14.9 Å². The summed E-state index contributed by atoms with van der Waals surface area (Å²) in [6.07, 6.45) is 0.551. The molecule has 0 saturated carbocycles. The lowest BCUT2D eigenvalue weighted by atomic mass is 10.2. The van der Waals surface area contributed by atoms with Gasteiger partial charge in [-0.1, -0.05) is 0 Å². The number of hydrogen-bond acceptors (Lipinski definition) is 6. The largest absolute Gasteiger partial charge is 0.443 e. The molecule has 0 radical (unpaired) electrons. The number of halogens is 1. The topological polar surface area (TPSA) is 115 Å². The maximum Gasteiger partial charge on any atom is 0.425 e. The number of nitrogens with two attached hydrogens (primary N) is 1. The Hall–Kier alpha value is -1.81. The van der Waals surface area contributed by atoms with Gasteiger partial charge in [-0.25, -0.2) is 24.3 Å². The molecule has 1 amide bonds. The number of amides is 1. The zero-order valence-corrected chi connectivity index (χ0v) is 12.9. The molecule has 0 fully saturated rings. The van der Waals surface area contributed by atoms with Gasteiger partial charge < -0.3 is 4.74 Å². The molecule has 8 nitrogen and oxygen atoms in total. The van der Waals surface area contributed by atoms with E-state index in [1.807, 2.05) is 0 Å². The van der Waals surface area contributed by atoms with Crippen molar-refractivity contribution in [3.05, 3.63) is 24.0 Å². The second kappa shape index (κ2) is 5.90. The van der Waals surface area contributed by atoms with Crippen LogP contribution in [0.5, 0.6) is 0 Å². The van der Waals surface area contributed by atoms with E-state index in [0.717, 1.165) is 12.4 Å². The van der Waals surface area contributed by atoms with E-state index in [4.69, 9.17) is 9.88 Å². The van der Waals surface area contributed by atoms with Crippen molar-refractivity contribution >= 4 is 16.3 Å². The van der Waals surface area contributed by atoms with Crippen LogP contribution in [-0.4, -0.2) is 34.4 Å². The molecule has 1 unspecified atom stereocenters. The van der Waals surface area contributed by atoms with Crippen LogP contribution in [0, 0.1) is 5.82 Å². The van der Waals surface area contributed by atoms with Gasteiger partial charge >= 0.3 is 16.3 Å². The van der Waals surface area contributed by atoms with E-state index in [1.54, 1.807) is 20.8 Å². The van der Waals surface area contributed by atoms with Crippen LogP contribution >= 0.6 is 0 Å². The maximum atomic E-state index is 12.8. The minimum Gasteiger partial charge on any atom is -0.443 e. The van der Waals surface area contributed by atoms with E-state index in [-0.39, 0.29) is 5.82 Å². The molecule has 21 heavy (non-hydrogen) atoms. The SMILES string of the molecule is CC(c1ncc(F)cn1)N(C(=O)OC(C)(C)C)S(N)(=O)=O. The number of rotatable bonds is 3. The van der Waals surface area contributed by atoms with Crippen molar-refractivity contribution in [1.82, 2.24) is 14.3 Å². The predicted octanol–water partition coefficient (Wildman–Crippen LogP) is 1.12. The summed E-state index contributed by atoms with van der Waals surface area (Å²) >= 11 is 0. The van der Waals surface area contributed by atoms with Crippen LogP contribution in [0.1, 0.15) is 39.6 Å². The molecule has 0 bridgehead atoms. The molecular formula is C11H17FN4O4S. The molecule has 1 atom stereocenters. The van der Waals surface area contributed by atoms with Crippen molar-refractivity contribution in [3.8, 4) is 0 Å². The molecule has 2 N–H and O–H groups in total. The third kappa shape index (κ3) is 4.90. The highest BCUT2D eigenvalue weighted by Gasteiger charge is 2.35. The number of nitrogens with zero attached hydrogens (tertiary/aromatic N) is 3. The van der Waals surface area contributed by atoms with Crippen molar-refractivity contribution in [3.63, 3.8) is 0 Å². The summed E-state index contributed by atoms with van der Waals surface area (Å²) < 4.78 is 41.3. The minimum absolute atomic E-state index is 0.0868. The van der Waals surface area contributed by atoms with Gasteiger partial charge in [-0.15, -0.1) is 0 Å². The summed E-state index contributed by atoms with van der Waals surface area (Å²) in [5.41, 5.74) is -0.913. The molecule has 0 saturated heterocycles. The fraction of sp³-hybridized carbons (Fsp3) is 0.545. The summed E-state index contributed by atoms with van der Waals surface area (Å²) in [5.74, 6) is -0.776. The van der Waals surface area contributed by atoms with Gasteiger partial charge in [-0.2, -0.15) is 12.7 Å². The second-order valence-corrected chi connectivity index (χ2v) is 6.68. The molecule has 1 rings (SSSR count). The minimum atomic E-state index is -4.41. The van der Waals surface area contributed by atoms with Crippen LogP contribution in [0.2, 0.25) is 0 Å². The summed E-state index contributed by atoms with van der Waals surface area (Å²) in [6.45, 7) is 6.06. The molecule has 0 aliphatic rings. The fourth-order valence-electron chi connectivity index (χ4n) is 1.43. The lowest BCUT2D eigenvalue weighted by molar-refractivity contribution is 0.0342. The predicted molar refractivity (Wildman–Crippen MR) is 71.6 cm³/mol. The van der Waals surface area contributed by atoms with Crippen molar-refractivity contribution in [2.75, 3.05) is 0 Å². The summed E-state index contributed by atoms with van der Waals surface area (Å²) in [5, 5.41) is 5.04. The monoisotopic (exact) mass is 320 g/mol. The molecule has 1 aromatic rings. The molecule has 10 heteroatoms. The Kier molecular flexibility index (Phi) is 4.84. The lowest BCUT2D eigenvalue weighted by Gasteiger charge is -2.28. The number of ether oxygens (including phenoxy) is 1. The van der Waals surface area contributed by atoms with Crippen molar-refractivity contribution in [2.45, 2.75) is 39.3 Å². The molecule has 0 aliphatic carbocycles. The lowest BCUT2D eigenvalue weighted by Crippen LogP contribution is -2.45. The molecule has 0 spiro atoms. The van der Waals surface area contributed by atoms with E-state index in [0.29, 0.717) is 4.31 Å². The van der Waals surface area contributed by atoms with Gasteiger partial charge in [0.15, 0.2) is 11.6 Å². The molecule has 0 aliphatic heterocycles. The Bertz CT molecular complexity index is 612. The average Bonchev–Trinajstić information content (AvgIpc) is 2.25. The first-order valence-electron chi connectivity index (χ1n) is 5.94. The highest BCUT2D eigenvalue weighted by atomic mass is 32.2. The zero-order valence-electron chi connectivity index (χ0n) is 12.1. The number of carbonyl (C=O) groups is 1. The van der Waals surface area contributed by atoms with E-state index in [2.05, 4.69) is 9.97 Å². The first-order chi connectivity index (χ1) is 9.42. The van der Waals surface area contributed by atoms with Gasteiger partial charge in [-0.3, -0.25) is 0 Å². The number of aromatic nitrogens is 2. The summed E-state index contributed by atoms with van der Waals surface area (Å²) in [7, 11) is -4.41. The Morgan fingerprint density at radius 2 is 1.86 bits per heavy atom. The van der Waals surface area contributed by atoms with Crippen LogP contribution in [0.3, 0.4) is 0 Å². The van der Waals surface area contributed by atoms with Gasteiger partial charge in [0.1, 0.15) is 11.6 Å². The summed E-state index contributed by atoms with van der Waals surface area (Å²) in [4.78, 5) is 19.3. The molecular weight excluding hydrogens is 303 g/mol. The van der Waals surface area contributed by atoms with Crippen LogP contribution < -0.4 is 5.14 Å². The van der Waals surface area contributed by atoms with Crippen LogP contribution in [0.15, 0.2) is 12.4 Å². The Balaban J connectivity index is 3.14. The normalized spacial score (nSPS) is 13.6. The number of hydrogen-bond donors (Lipinski definition) is 1. The van der Waals surface area contributed by atoms with Gasteiger partial charge in [0.05, 0.1) is 12.4 Å². The Morgan fingerprint density at radius 1 is 1.38 bits per heavy atom. The highest BCUT2D eigenvalue weighted by molar-refractivity contribution is 7.87. The molecule has 118 valence electrons. The van der Waals surface area contributed by atoms with E-state index < -0.39 is 33.8 Å². The first kappa shape index (κ1) is 17.2. The van der Waals surface area contributed by atoms with E-state index >= 15 is 0 Å². The maximum absolute atomic E-state index is 12.8. The average molecular weight is 320 g/mol. The highest BCUT2D eigenvalue weighted by Crippen LogP contribution is 2.22. The molecule has 0 aromatic carbocycles. The van der Waals surface area contributed by atoms with E-state index in [1.165, 1.54) is 6.92 Å². The third-order valence-corrected chi connectivity index (χ3v) is 3.23. The van der Waals surface area contributed by atoms with Gasteiger partial charge in [0.25, 0.3) is 0 Å². The quantitative estimate of drug-likeness (QED) is 0.892. The zero-order chi connectivity index (χ0) is 16.4. The van der Waals surface area contributed by atoms with Crippen molar-refractivity contribution in [2.24, 2.45) is 5.14 Å². The second-order valence-electron chi connectivity index (χ2n) is 5.26. The number of carbonyl (C=O) groups excluding carboxylic acids is 1. The first-order valence-corrected chi connectivity index (χ1v) is 7.44. The van der Waals surface area contributed by atoms with Gasteiger partial charge in [0, 0.05) is 0 Å². The molecule has 1 aromatic heterocycles. The third-order valence-electron chi connectivity index (χ3n) is 2.21. The standard InChI is InChI=1S/C11H17FN4O4S/c1-7(9-14-5-8(12)6-15-9)16(21(13,18)19)10(17)20-11(2,3)4/h5-7H,1-4H3,(H2,13,18,19). The Morgan fingerprint density at radius 3 is 2.24 bits per heavy atom. The van der Waals surface area contributed by atoms with Gasteiger partial charge in [-0.05, 0) is 27.7 Å². The Labute approximate surface area is 122 Å². The van der Waals surface area contributed by atoms with Crippen LogP contribution in [0.25, 0.3) is 0 Å². The summed E-state index contributed by atoms with van der Waals surface area (Å²) in [6, 6.07) is -1.14. The molecule has 1 heterocycles. The van der Waals surface area contributed by atoms with Gasteiger partial charge in [0.2, 0.25) is 0 Å². The fourth-order valence-corrected chi connectivity index (χ4v) is 2.21. The van der Waals surface area contributed by atoms with Crippen molar-refractivity contribution in [1.29, 1.82) is 0 Å². The van der Waals surface area contributed by atoms with Crippen LogP contribution in [0.4, 0.5) is 9.18 Å². The smallest absolute Gasteiger partial charge is 0.425 e. The van der Waals surface area contributed by atoms with E-state index in [9.17, 15) is 17.6 Å². The van der Waals surface area contributed by atoms with Crippen molar-refractivity contribution < 1.29 is 22.3 Å².